The van der Waals surface area contributed by atoms with E-state index in [0.29, 0.717) is 18.1 Å². The van der Waals surface area contributed by atoms with Crippen LogP contribution in [0.15, 0.2) is 36.8 Å². The summed E-state index contributed by atoms with van der Waals surface area (Å²) >= 11 is 0. The second-order valence-electron chi connectivity index (χ2n) is 4.61. The summed E-state index contributed by atoms with van der Waals surface area (Å²) in [6.45, 7) is -0.538. The van der Waals surface area contributed by atoms with Gasteiger partial charge in [0.1, 0.15) is 11.3 Å². The number of alkyl halides is 2. The Morgan fingerprint density at radius 1 is 1.32 bits per heavy atom. The summed E-state index contributed by atoms with van der Waals surface area (Å²) in [6.07, 6.45) is 4.68. The lowest BCUT2D eigenvalue weighted by Gasteiger charge is -2.07. The maximum atomic E-state index is 12.1. The highest BCUT2D eigenvalue weighted by molar-refractivity contribution is 5.67. The van der Waals surface area contributed by atoms with Crippen LogP contribution in [0.25, 0.3) is 5.52 Å². The minimum Gasteiger partial charge on any atom is -0.433 e. The molecule has 0 fully saturated rings. The lowest BCUT2D eigenvalue weighted by molar-refractivity contribution is -0.0500. The molecule has 3 heterocycles. The maximum Gasteiger partial charge on any atom is 0.387 e. The second kappa shape index (κ2) is 5.92. The van der Waals surface area contributed by atoms with Crippen molar-refractivity contribution in [1.29, 1.82) is 0 Å². The van der Waals surface area contributed by atoms with Gasteiger partial charge >= 0.3 is 6.61 Å². The molecule has 1 N–H and O–H groups in total. The molecule has 0 amide bonds. The summed E-state index contributed by atoms with van der Waals surface area (Å²) in [5.74, 6) is 0.711. The molecular weight excluding hydrogens is 292 g/mol. The van der Waals surface area contributed by atoms with Gasteiger partial charge in [-0.15, -0.1) is 0 Å². The Hall–Kier alpha value is -2.77. The van der Waals surface area contributed by atoms with Crippen molar-refractivity contribution in [2.24, 2.45) is 0 Å². The van der Waals surface area contributed by atoms with Crippen LogP contribution in [0.2, 0.25) is 0 Å². The number of hydrogen-bond donors (Lipinski definition) is 1. The van der Waals surface area contributed by atoms with E-state index in [1.807, 2.05) is 13.0 Å². The first-order chi connectivity index (χ1) is 10.6. The number of fused-ring (bicyclic) bond motifs is 1. The Bertz CT molecular complexity index is 773. The monoisotopic (exact) mass is 305 g/mol. The zero-order chi connectivity index (χ0) is 15.5. The molecule has 8 heteroatoms. The van der Waals surface area contributed by atoms with Crippen LogP contribution in [0.1, 0.15) is 11.4 Å². The Kier molecular flexibility index (Phi) is 3.82. The van der Waals surface area contributed by atoms with Crippen molar-refractivity contribution in [3.05, 3.63) is 48.2 Å². The third-order valence-electron chi connectivity index (χ3n) is 2.97. The summed E-state index contributed by atoms with van der Waals surface area (Å²) in [5.41, 5.74) is 2.43. The van der Waals surface area contributed by atoms with Gasteiger partial charge in [-0.3, -0.25) is 4.98 Å². The highest BCUT2D eigenvalue weighted by Crippen LogP contribution is 2.16. The molecule has 0 saturated carbocycles. The van der Waals surface area contributed by atoms with Crippen molar-refractivity contribution in [2.75, 3.05) is 5.32 Å². The number of nitrogens with zero attached hydrogens (tertiary/aromatic N) is 4. The normalized spacial score (nSPS) is 11.1. The van der Waals surface area contributed by atoms with Gasteiger partial charge in [-0.2, -0.15) is 13.9 Å². The van der Waals surface area contributed by atoms with E-state index in [0.717, 1.165) is 11.2 Å². The fourth-order valence-electron chi connectivity index (χ4n) is 2.04. The molecule has 0 aliphatic carbocycles. The number of pyridine rings is 1. The number of aromatic nitrogens is 4. The first kappa shape index (κ1) is 14.2. The molecule has 0 atom stereocenters. The smallest absolute Gasteiger partial charge is 0.387 e. The molecule has 3 aromatic heterocycles. The largest absolute Gasteiger partial charge is 0.433 e. The number of aryl methyl sites for hydroxylation is 1. The van der Waals surface area contributed by atoms with E-state index in [9.17, 15) is 8.78 Å². The summed E-state index contributed by atoms with van der Waals surface area (Å²) < 4.78 is 30.1. The predicted octanol–water partition coefficient (Wildman–Crippen LogP) is 2.65. The number of rotatable bonds is 5. The molecule has 0 unspecified atom stereocenters. The molecule has 0 aliphatic rings. The van der Waals surface area contributed by atoms with Crippen molar-refractivity contribution in [3.63, 3.8) is 0 Å². The van der Waals surface area contributed by atoms with Gasteiger partial charge in [-0.05, 0) is 25.1 Å². The minimum atomic E-state index is -2.85. The van der Waals surface area contributed by atoms with Crippen molar-refractivity contribution in [3.8, 4) is 5.75 Å². The molecule has 3 aromatic rings. The van der Waals surface area contributed by atoms with E-state index in [-0.39, 0.29) is 5.75 Å². The van der Waals surface area contributed by atoms with Gasteiger partial charge < -0.3 is 10.1 Å². The molecular formula is C14H13F2N5O. The SMILES string of the molecule is Cc1cc2c(NCc3ccc(OC(F)F)cn3)nccn2n1. The van der Waals surface area contributed by atoms with Crippen LogP contribution in [-0.4, -0.2) is 26.2 Å². The fraction of sp³-hybridized carbons (Fsp3) is 0.214. The van der Waals surface area contributed by atoms with Crippen molar-refractivity contribution < 1.29 is 13.5 Å². The molecule has 0 saturated heterocycles. The van der Waals surface area contributed by atoms with Crippen LogP contribution in [0.5, 0.6) is 5.75 Å². The highest BCUT2D eigenvalue weighted by atomic mass is 19.3. The van der Waals surface area contributed by atoms with Gasteiger partial charge in [0.05, 0.1) is 24.1 Å². The summed E-state index contributed by atoms with van der Waals surface area (Å²) in [5, 5.41) is 7.46. The first-order valence-corrected chi connectivity index (χ1v) is 6.56. The van der Waals surface area contributed by atoms with Crippen molar-refractivity contribution in [1.82, 2.24) is 19.6 Å². The third-order valence-corrected chi connectivity index (χ3v) is 2.97. The molecule has 114 valence electrons. The van der Waals surface area contributed by atoms with E-state index in [1.165, 1.54) is 12.3 Å². The van der Waals surface area contributed by atoms with Crippen LogP contribution in [0.4, 0.5) is 14.6 Å². The number of ether oxygens (including phenoxy) is 1. The molecule has 6 nitrogen and oxygen atoms in total. The molecule has 0 aromatic carbocycles. The van der Waals surface area contributed by atoms with E-state index >= 15 is 0 Å². The van der Waals surface area contributed by atoms with Gasteiger partial charge in [-0.1, -0.05) is 0 Å². The van der Waals surface area contributed by atoms with E-state index in [2.05, 4.69) is 25.1 Å². The molecule has 3 rings (SSSR count). The number of anilines is 1. The lowest BCUT2D eigenvalue weighted by atomic mass is 10.3. The maximum absolute atomic E-state index is 12.1. The van der Waals surface area contributed by atoms with E-state index in [4.69, 9.17) is 0 Å². The molecule has 0 bridgehead atoms. The quantitative estimate of drug-likeness (QED) is 0.785. The van der Waals surface area contributed by atoms with Gasteiger partial charge in [0, 0.05) is 12.4 Å². The van der Waals surface area contributed by atoms with Gasteiger partial charge in [0.15, 0.2) is 5.82 Å². The summed E-state index contributed by atoms with van der Waals surface area (Å²) in [4.78, 5) is 8.33. The molecule has 0 radical (unpaired) electrons. The Morgan fingerprint density at radius 3 is 2.91 bits per heavy atom. The Morgan fingerprint density at radius 2 is 2.18 bits per heavy atom. The number of halogens is 2. The predicted molar refractivity (Wildman–Crippen MR) is 75.9 cm³/mol. The van der Waals surface area contributed by atoms with Crippen LogP contribution >= 0.6 is 0 Å². The van der Waals surface area contributed by atoms with Crippen LogP contribution in [-0.2, 0) is 6.54 Å². The van der Waals surface area contributed by atoms with Crippen molar-refractivity contribution >= 4 is 11.3 Å². The van der Waals surface area contributed by atoms with Crippen LogP contribution < -0.4 is 10.1 Å². The second-order valence-corrected chi connectivity index (χ2v) is 4.61. The Balaban J connectivity index is 1.71. The van der Waals surface area contributed by atoms with Crippen LogP contribution in [0.3, 0.4) is 0 Å². The number of nitrogens with one attached hydrogen (secondary N) is 1. The van der Waals surface area contributed by atoms with Crippen LogP contribution in [0, 0.1) is 6.92 Å². The zero-order valence-corrected chi connectivity index (χ0v) is 11.7. The minimum absolute atomic E-state index is 0.0328. The first-order valence-electron chi connectivity index (χ1n) is 6.56. The lowest BCUT2D eigenvalue weighted by Crippen LogP contribution is -2.06. The van der Waals surface area contributed by atoms with E-state index in [1.54, 1.807) is 23.0 Å². The Labute approximate surface area is 124 Å². The third kappa shape index (κ3) is 3.11. The topological polar surface area (TPSA) is 64.3 Å². The van der Waals surface area contributed by atoms with Gasteiger partial charge in [0.2, 0.25) is 0 Å². The van der Waals surface area contributed by atoms with Gasteiger partial charge in [0.25, 0.3) is 0 Å². The van der Waals surface area contributed by atoms with Crippen molar-refractivity contribution in [2.45, 2.75) is 20.1 Å². The number of hydrogen-bond acceptors (Lipinski definition) is 5. The molecule has 0 aliphatic heterocycles. The standard InChI is InChI=1S/C14H13F2N5O/c1-9-6-12-13(17-4-5-21(12)20-9)19-7-10-2-3-11(8-18-10)22-14(15)16/h2-6,8,14H,7H2,1H3,(H,17,19). The van der Waals surface area contributed by atoms with Gasteiger partial charge in [-0.25, -0.2) is 9.50 Å². The van der Waals surface area contributed by atoms with E-state index < -0.39 is 6.61 Å². The highest BCUT2D eigenvalue weighted by Gasteiger charge is 2.07. The summed E-state index contributed by atoms with van der Waals surface area (Å²) in [7, 11) is 0. The molecule has 0 spiro atoms. The average Bonchev–Trinajstić information content (AvgIpc) is 2.86. The zero-order valence-electron chi connectivity index (χ0n) is 11.7. The summed E-state index contributed by atoms with van der Waals surface area (Å²) in [6, 6.07) is 4.99. The molecule has 22 heavy (non-hydrogen) atoms. The average molecular weight is 305 g/mol. The fourth-order valence-corrected chi connectivity index (χ4v) is 2.04.